The number of aromatic nitrogens is 1. The number of aromatic carboxylic acids is 1. The number of rotatable bonds is 1. The molecule has 4 aromatic rings. The molecule has 0 saturated heterocycles. The third-order valence-corrected chi connectivity index (χ3v) is 3.84. The van der Waals surface area contributed by atoms with Crippen LogP contribution in [0.4, 0.5) is 0 Å². The minimum atomic E-state index is -0.908. The molecular weight excluding hydrogens is 262 g/mol. The van der Waals surface area contributed by atoms with Crippen molar-refractivity contribution >= 4 is 38.4 Å². The third-order valence-electron chi connectivity index (χ3n) is 3.84. The van der Waals surface area contributed by atoms with E-state index < -0.39 is 5.97 Å². The molecule has 0 unspecified atom stereocenters. The molecule has 21 heavy (non-hydrogen) atoms. The standard InChI is InChI=1S/C18H11NO2/c20-18(21)15-9-14-13-7-3-4-8-17(13)19-10-16(14)12-6-2-1-5-11(12)15/h1-10H,(H,20,21). The molecule has 3 nitrogen and oxygen atoms in total. The third kappa shape index (κ3) is 1.68. The summed E-state index contributed by atoms with van der Waals surface area (Å²) >= 11 is 0. The van der Waals surface area contributed by atoms with Crippen LogP contribution in [0.3, 0.4) is 0 Å². The van der Waals surface area contributed by atoms with E-state index in [1.54, 1.807) is 6.07 Å². The number of carbonyl (C=O) groups is 1. The zero-order valence-electron chi connectivity index (χ0n) is 11.1. The topological polar surface area (TPSA) is 50.2 Å². The van der Waals surface area contributed by atoms with Crippen molar-refractivity contribution < 1.29 is 9.90 Å². The first-order chi connectivity index (χ1) is 10.3. The number of fused-ring (bicyclic) bond motifs is 5. The Bertz CT molecular complexity index is 1020. The van der Waals surface area contributed by atoms with E-state index in [0.717, 1.165) is 32.4 Å². The molecule has 0 radical (unpaired) electrons. The summed E-state index contributed by atoms with van der Waals surface area (Å²) in [6, 6.07) is 17.1. The molecule has 0 fully saturated rings. The van der Waals surface area contributed by atoms with E-state index in [1.807, 2.05) is 54.7 Å². The molecule has 3 heteroatoms. The minimum absolute atomic E-state index is 0.328. The Morgan fingerprint density at radius 1 is 0.810 bits per heavy atom. The van der Waals surface area contributed by atoms with Gasteiger partial charge >= 0.3 is 5.97 Å². The first kappa shape index (κ1) is 11.9. The quantitative estimate of drug-likeness (QED) is 0.528. The molecule has 1 heterocycles. The molecule has 0 spiro atoms. The van der Waals surface area contributed by atoms with Gasteiger partial charge in [0.2, 0.25) is 0 Å². The van der Waals surface area contributed by atoms with Gasteiger partial charge in [0.05, 0.1) is 11.1 Å². The van der Waals surface area contributed by atoms with Gasteiger partial charge in [-0.1, -0.05) is 42.5 Å². The lowest BCUT2D eigenvalue weighted by molar-refractivity contribution is 0.0699. The van der Waals surface area contributed by atoms with Crippen LogP contribution in [0.15, 0.2) is 60.8 Å². The molecule has 0 atom stereocenters. The monoisotopic (exact) mass is 273 g/mol. The lowest BCUT2D eigenvalue weighted by Gasteiger charge is -2.09. The average Bonchev–Trinajstić information content (AvgIpc) is 2.53. The molecule has 0 saturated carbocycles. The van der Waals surface area contributed by atoms with E-state index in [4.69, 9.17) is 0 Å². The molecule has 0 amide bonds. The predicted octanol–water partition coefficient (Wildman–Crippen LogP) is 4.24. The van der Waals surface area contributed by atoms with Crippen LogP contribution in [0, 0.1) is 0 Å². The molecule has 4 rings (SSSR count). The molecule has 0 aliphatic heterocycles. The van der Waals surface area contributed by atoms with E-state index in [1.165, 1.54) is 0 Å². The molecule has 0 bridgehead atoms. The maximum absolute atomic E-state index is 11.6. The van der Waals surface area contributed by atoms with Crippen molar-refractivity contribution in [3.05, 3.63) is 66.4 Å². The first-order valence-electron chi connectivity index (χ1n) is 6.68. The van der Waals surface area contributed by atoms with Crippen molar-refractivity contribution in [3.63, 3.8) is 0 Å². The summed E-state index contributed by atoms with van der Waals surface area (Å²) in [6.07, 6.45) is 1.83. The molecule has 100 valence electrons. The molecule has 1 N–H and O–H groups in total. The summed E-state index contributed by atoms with van der Waals surface area (Å²) in [4.78, 5) is 16.1. The number of benzene rings is 3. The Balaban J connectivity index is 2.32. The first-order valence-corrected chi connectivity index (χ1v) is 6.68. The van der Waals surface area contributed by atoms with Gasteiger partial charge in [-0.25, -0.2) is 4.79 Å². The maximum atomic E-state index is 11.6. The van der Waals surface area contributed by atoms with Gasteiger partial charge < -0.3 is 5.11 Å². The number of carboxylic acids is 1. The second-order valence-electron chi connectivity index (χ2n) is 5.01. The van der Waals surface area contributed by atoms with E-state index in [2.05, 4.69) is 4.98 Å². The highest BCUT2D eigenvalue weighted by molar-refractivity contribution is 6.20. The summed E-state index contributed by atoms with van der Waals surface area (Å²) in [5, 5.41) is 14.0. The maximum Gasteiger partial charge on any atom is 0.336 e. The summed E-state index contributed by atoms with van der Waals surface area (Å²) in [7, 11) is 0. The van der Waals surface area contributed by atoms with Crippen LogP contribution in [0.5, 0.6) is 0 Å². The fourth-order valence-electron chi connectivity index (χ4n) is 2.88. The van der Waals surface area contributed by atoms with Crippen LogP contribution in [0.2, 0.25) is 0 Å². The Labute approximate surface area is 120 Å². The predicted molar refractivity (Wildman–Crippen MR) is 83.7 cm³/mol. The van der Waals surface area contributed by atoms with Gasteiger partial charge in [0.15, 0.2) is 0 Å². The molecular formula is C18H11NO2. The van der Waals surface area contributed by atoms with Crippen molar-refractivity contribution in [3.8, 4) is 0 Å². The van der Waals surface area contributed by atoms with Crippen LogP contribution < -0.4 is 0 Å². The van der Waals surface area contributed by atoms with Gasteiger partial charge in [0.1, 0.15) is 0 Å². The average molecular weight is 273 g/mol. The van der Waals surface area contributed by atoms with Gasteiger partial charge in [-0.2, -0.15) is 0 Å². The van der Waals surface area contributed by atoms with Crippen molar-refractivity contribution in [2.24, 2.45) is 0 Å². The van der Waals surface area contributed by atoms with Gasteiger partial charge in [-0.3, -0.25) is 4.98 Å². The molecule has 1 aromatic heterocycles. The van der Waals surface area contributed by atoms with E-state index >= 15 is 0 Å². The van der Waals surface area contributed by atoms with Crippen LogP contribution in [0.1, 0.15) is 10.4 Å². The second kappa shape index (κ2) is 4.28. The minimum Gasteiger partial charge on any atom is -0.478 e. The van der Waals surface area contributed by atoms with Crippen molar-refractivity contribution in [2.45, 2.75) is 0 Å². The van der Waals surface area contributed by atoms with Crippen LogP contribution in [0.25, 0.3) is 32.4 Å². The van der Waals surface area contributed by atoms with Gasteiger partial charge in [0, 0.05) is 17.0 Å². The second-order valence-corrected chi connectivity index (χ2v) is 5.01. The Kier molecular flexibility index (Phi) is 2.42. The fourth-order valence-corrected chi connectivity index (χ4v) is 2.88. The Morgan fingerprint density at radius 2 is 1.48 bits per heavy atom. The highest BCUT2D eigenvalue weighted by Gasteiger charge is 2.13. The summed E-state index contributed by atoms with van der Waals surface area (Å²) in [6.45, 7) is 0. The summed E-state index contributed by atoms with van der Waals surface area (Å²) in [5.74, 6) is -0.908. The number of hydrogen-bond donors (Lipinski definition) is 1. The van der Waals surface area contributed by atoms with Gasteiger partial charge in [-0.05, 0) is 28.3 Å². The zero-order chi connectivity index (χ0) is 14.4. The lowest BCUT2D eigenvalue weighted by atomic mass is 9.96. The van der Waals surface area contributed by atoms with E-state index in [-0.39, 0.29) is 0 Å². The number of hydrogen-bond acceptors (Lipinski definition) is 2. The highest BCUT2D eigenvalue weighted by Crippen LogP contribution is 2.32. The number of pyridine rings is 1. The number of para-hydroxylation sites is 1. The normalized spacial score (nSPS) is 11.2. The Morgan fingerprint density at radius 3 is 2.24 bits per heavy atom. The van der Waals surface area contributed by atoms with E-state index in [0.29, 0.717) is 5.56 Å². The van der Waals surface area contributed by atoms with Gasteiger partial charge in [0.25, 0.3) is 0 Å². The van der Waals surface area contributed by atoms with Crippen molar-refractivity contribution in [1.82, 2.24) is 4.98 Å². The smallest absolute Gasteiger partial charge is 0.336 e. The van der Waals surface area contributed by atoms with Gasteiger partial charge in [-0.15, -0.1) is 0 Å². The van der Waals surface area contributed by atoms with Crippen molar-refractivity contribution in [2.75, 3.05) is 0 Å². The van der Waals surface area contributed by atoms with Crippen LogP contribution >= 0.6 is 0 Å². The largest absolute Gasteiger partial charge is 0.478 e. The van der Waals surface area contributed by atoms with Crippen molar-refractivity contribution in [1.29, 1.82) is 0 Å². The number of carboxylic acid groups (broad SMARTS) is 1. The molecule has 0 aliphatic carbocycles. The summed E-state index contributed by atoms with van der Waals surface area (Å²) < 4.78 is 0. The van der Waals surface area contributed by atoms with E-state index in [9.17, 15) is 9.90 Å². The fraction of sp³-hybridized carbons (Fsp3) is 0. The summed E-state index contributed by atoms with van der Waals surface area (Å²) in [5.41, 5.74) is 1.20. The lowest BCUT2D eigenvalue weighted by Crippen LogP contribution is -1.98. The number of nitrogens with zero attached hydrogens (tertiary/aromatic N) is 1. The molecule has 0 aliphatic rings. The Hall–Kier alpha value is -2.94. The van der Waals surface area contributed by atoms with Crippen LogP contribution in [-0.4, -0.2) is 16.1 Å². The molecule has 3 aromatic carbocycles. The van der Waals surface area contributed by atoms with Crippen LogP contribution in [-0.2, 0) is 0 Å². The SMILES string of the molecule is O=C(O)c1cc2c3ccccc3ncc2c2ccccc12. The zero-order valence-corrected chi connectivity index (χ0v) is 11.1. The highest BCUT2D eigenvalue weighted by atomic mass is 16.4.